The Balaban J connectivity index is 2.67. The third-order valence-electron chi connectivity index (χ3n) is 1.93. The minimum Gasteiger partial charge on any atom is -0.373 e. The maximum Gasteiger partial charge on any atom is 0.0399 e. The van der Waals surface area contributed by atoms with Crippen molar-refractivity contribution in [2.24, 2.45) is 0 Å². The van der Waals surface area contributed by atoms with Crippen LogP contribution in [-0.2, 0) is 0 Å². The van der Waals surface area contributed by atoms with Crippen LogP contribution in [0.2, 0.25) is 0 Å². The minimum absolute atomic E-state index is 0.667. The molecule has 0 heterocycles. The lowest BCUT2D eigenvalue weighted by atomic mass is 10.3. The molecule has 0 atom stereocenters. The lowest BCUT2D eigenvalue weighted by Gasteiger charge is -2.17. The molecule has 0 aliphatic carbocycles. The van der Waals surface area contributed by atoms with Crippen molar-refractivity contribution in [1.82, 2.24) is 0 Å². The smallest absolute Gasteiger partial charge is 0.0399 e. The molecule has 72 valence electrons. The molecule has 0 fully saturated rings. The van der Waals surface area contributed by atoms with Crippen LogP contribution in [0.4, 0.5) is 5.69 Å². The molecule has 0 N–H and O–H groups in total. The lowest BCUT2D eigenvalue weighted by Crippen LogP contribution is -2.19. The zero-order valence-corrected chi connectivity index (χ0v) is 9.53. The van der Waals surface area contributed by atoms with Crippen LogP contribution >= 0.6 is 23.4 Å². The monoisotopic (exact) mass is 215 g/mol. The number of benzene rings is 1. The Bertz CT molecular complexity index is 248. The fourth-order valence-electron chi connectivity index (χ4n) is 1.09. The van der Waals surface area contributed by atoms with Crippen LogP contribution in [-0.4, -0.2) is 25.7 Å². The number of nitrogens with zero attached hydrogens (tertiary/aromatic N) is 1. The first-order valence-electron chi connectivity index (χ1n) is 4.19. The van der Waals surface area contributed by atoms with Crippen LogP contribution in [0.5, 0.6) is 0 Å². The van der Waals surface area contributed by atoms with Crippen molar-refractivity contribution in [1.29, 1.82) is 0 Å². The summed E-state index contributed by atoms with van der Waals surface area (Å²) in [5, 5.41) is 0. The molecule has 3 heteroatoms. The standard InChI is InChI=1S/C10H14ClNS/c1-12(8-7-11)9-3-5-10(13-2)6-4-9/h3-6H,7-8H2,1-2H3. The van der Waals surface area contributed by atoms with Gasteiger partial charge in [0, 0.05) is 30.1 Å². The molecular weight excluding hydrogens is 202 g/mol. The van der Waals surface area contributed by atoms with Crippen molar-refractivity contribution in [2.75, 3.05) is 30.6 Å². The van der Waals surface area contributed by atoms with E-state index in [1.165, 1.54) is 10.6 Å². The van der Waals surface area contributed by atoms with E-state index >= 15 is 0 Å². The van der Waals surface area contributed by atoms with Gasteiger partial charge in [-0.15, -0.1) is 23.4 Å². The Labute approximate surface area is 89.1 Å². The Morgan fingerprint density at radius 3 is 2.38 bits per heavy atom. The van der Waals surface area contributed by atoms with E-state index < -0.39 is 0 Å². The normalized spacial score (nSPS) is 10.1. The first-order valence-corrected chi connectivity index (χ1v) is 5.95. The maximum atomic E-state index is 5.66. The van der Waals surface area contributed by atoms with Crippen molar-refractivity contribution in [3.8, 4) is 0 Å². The molecule has 1 rings (SSSR count). The highest BCUT2D eigenvalue weighted by molar-refractivity contribution is 7.98. The summed E-state index contributed by atoms with van der Waals surface area (Å²) in [4.78, 5) is 3.44. The maximum absolute atomic E-state index is 5.66. The molecule has 1 nitrogen and oxygen atoms in total. The number of rotatable bonds is 4. The number of halogens is 1. The van der Waals surface area contributed by atoms with Crippen molar-refractivity contribution < 1.29 is 0 Å². The molecule has 0 aliphatic heterocycles. The first-order chi connectivity index (χ1) is 6.27. The molecule has 0 bridgehead atoms. The van der Waals surface area contributed by atoms with E-state index in [9.17, 15) is 0 Å². The largest absolute Gasteiger partial charge is 0.373 e. The van der Waals surface area contributed by atoms with Crippen molar-refractivity contribution in [2.45, 2.75) is 4.90 Å². The van der Waals surface area contributed by atoms with E-state index in [2.05, 4.69) is 42.5 Å². The molecule has 0 aromatic heterocycles. The van der Waals surface area contributed by atoms with E-state index in [1.807, 2.05) is 0 Å². The van der Waals surface area contributed by atoms with E-state index in [1.54, 1.807) is 11.8 Å². The summed E-state index contributed by atoms with van der Waals surface area (Å²) in [6.07, 6.45) is 2.08. The first kappa shape index (κ1) is 10.7. The second kappa shape index (κ2) is 5.40. The van der Waals surface area contributed by atoms with Gasteiger partial charge in [0.25, 0.3) is 0 Å². The van der Waals surface area contributed by atoms with Crippen LogP contribution < -0.4 is 4.90 Å². The second-order valence-electron chi connectivity index (χ2n) is 2.81. The van der Waals surface area contributed by atoms with Crippen molar-refractivity contribution in [3.05, 3.63) is 24.3 Å². The number of anilines is 1. The summed E-state index contributed by atoms with van der Waals surface area (Å²) in [6, 6.07) is 8.51. The minimum atomic E-state index is 0.667. The van der Waals surface area contributed by atoms with Gasteiger partial charge in [0.2, 0.25) is 0 Å². The second-order valence-corrected chi connectivity index (χ2v) is 4.07. The predicted molar refractivity (Wildman–Crippen MR) is 62.2 cm³/mol. The third-order valence-corrected chi connectivity index (χ3v) is 2.85. The van der Waals surface area contributed by atoms with E-state index in [0.717, 1.165) is 6.54 Å². The third kappa shape index (κ3) is 3.12. The zero-order chi connectivity index (χ0) is 9.68. The molecule has 0 amide bonds. The highest BCUT2D eigenvalue weighted by atomic mass is 35.5. The van der Waals surface area contributed by atoms with Crippen LogP contribution in [0.3, 0.4) is 0 Å². The Hall–Kier alpha value is -0.340. The Kier molecular flexibility index (Phi) is 4.46. The molecule has 0 saturated carbocycles. The van der Waals surface area contributed by atoms with Gasteiger partial charge in [0.05, 0.1) is 0 Å². The van der Waals surface area contributed by atoms with Crippen molar-refractivity contribution >= 4 is 29.1 Å². The van der Waals surface area contributed by atoms with Gasteiger partial charge in [-0.3, -0.25) is 0 Å². The van der Waals surface area contributed by atoms with Crippen LogP contribution in [0.15, 0.2) is 29.2 Å². The fraction of sp³-hybridized carbons (Fsp3) is 0.400. The lowest BCUT2D eigenvalue weighted by molar-refractivity contribution is 0.972. The number of hydrogen-bond acceptors (Lipinski definition) is 2. The topological polar surface area (TPSA) is 3.24 Å². The molecular formula is C10H14ClNS. The molecule has 13 heavy (non-hydrogen) atoms. The van der Waals surface area contributed by atoms with E-state index in [-0.39, 0.29) is 0 Å². The molecule has 1 aromatic rings. The van der Waals surface area contributed by atoms with Gasteiger partial charge in [-0.05, 0) is 30.5 Å². The number of hydrogen-bond donors (Lipinski definition) is 0. The SMILES string of the molecule is CSc1ccc(N(C)CCCl)cc1. The average Bonchev–Trinajstić information content (AvgIpc) is 2.18. The van der Waals surface area contributed by atoms with Gasteiger partial charge in [0.15, 0.2) is 0 Å². The summed E-state index contributed by atoms with van der Waals surface area (Å²) in [5.41, 5.74) is 1.22. The van der Waals surface area contributed by atoms with Gasteiger partial charge in [-0.25, -0.2) is 0 Å². The summed E-state index contributed by atoms with van der Waals surface area (Å²) < 4.78 is 0. The molecule has 0 spiro atoms. The zero-order valence-electron chi connectivity index (χ0n) is 7.96. The summed E-state index contributed by atoms with van der Waals surface area (Å²) in [7, 11) is 2.05. The molecule has 0 radical (unpaired) electrons. The predicted octanol–water partition coefficient (Wildman–Crippen LogP) is 3.08. The van der Waals surface area contributed by atoms with Gasteiger partial charge in [-0.1, -0.05) is 0 Å². The van der Waals surface area contributed by atoms with Crippen LogP contribution in [0, 0.1) is 0 Å². The fourth-order valence-corrected chi connectivity index (χ4v) is 1.75. The van der Waals surface area contributed by atoms with Gasteiger partial charge in [0.1, 0.15) is 0 Å². The Morgan fingerprint density at radius 2 is 1.92 bits per heavy atom. The Morgan fingerprint density at radius 1 is 1.31 bits per heavy atom. The van der Waals surface area contributed by atoms with Gasteiger partial charge < -0.3 is 4.90 Å². The van der Waals surface area contributed by atoms with Gasteiger partial charge >= 0.3 is 0 Å². The average molecular weight is 216 g/mol. The quantitative estimate of drug-likeness (QED) is 0.561. The summed E-state index contributed by atoms with van der Waals surface area (Å²) in [6.45, 7) is 0.889. The van der Waals surface area contributed by atoms with Gasteiger partial charge in [-0.2, -0.15) is 0 Å². The summed E-state index contributed by atoms with van der Waals surface area (Å²) >= 11 is 7.42. The van der Waals surface area contributed by atoms with Crippen LogP contribution in [0.25, 0.3) is 0 Å². The molecule has 0 aliphatic rings. The van der Waals surface area contributed by atoms with E-state index in [0.29, 0.717) is 5.88 Å². The van der Waals surface area contributed by atoms with Crippen molar-refractivity contribution in [3.63, 3.8) is 0 Å². The number of thioether (sulfide) groups is 1. The van der Waals surface area contributed by atoms with E-state index in [4.69, 9.17) is 11.6 Å². The summed E-state index contributed by atoms with van der Waals surface area (Å²) in [5.74, 6) is 0.667. The highest BCUT2D eigenvalue weighted by Gasteiger charge is 1.98. The van der Waals surface area contributed by atoms with Crippen LogP contribution in [0.1, 0.15) is 0 Å². The molecule has 0 unspecified atom stereocenters. The number of alkyl halides is 1. The molecule has 0 saturated heterocycles. The highest BCUT2D eigenvalue weighted by Crippen LogP contribution is 2.19. The molecule has 1 aromatic carbocycles.